The summed E-state index contributed by atoms with van der Waals surface area (Å²) in [6.07, 6.45) is 0.372. The Morgan fingerprint density at radius 3 is 1.92 bits per heavy atom. The second kappa shape index (κ2) is 13.3. The Morgan fingerprint density at radius 2 is 1.30 bits per heavy atom. The van der Waals surface area contributed by atoms with E-state index < -0.39 is 6.04 Å². The average Bonchev–Trinajstić information content (AvgIpc) is 2.95. The second-order valence-electron chi connectivity index (χ2n) is 8.66. The first kappa shape index (κ1) is 26.0. The number of ether oxygens (including phenoxy) is 1. The molecule has 0 aliphatic heterocycles. The van der Waals surface area contributed by atoms with Crippen LogP contribution >= 0.6 is 11.6 Å². The fourth-order valence-corrected chi connectivity index (χ4v) is 4.11. The van der Waals surface area contributed by atoms with Crippen LogP contribution in [0.3, 0.4) is 0 Å². The van der Waals surface area contributed by atoms with Crippen molar-refractivity contribution in [1.82, 2.24) is 10.2 Å². The molecule has 0 aliphatic rings. The van der Waals surface area contributed by atoms with E-state index in [0.29, 0.717) is 23.7 Å². The summed E-state index contributed by atoms with van der Waals surface area (Å²) >= 11 is 6.00. The second-order valence-corrected chi connectivity index (χ2v) is 9.10. The Hall–Kier alpha value is -4.09. The average molecular weight is 513 g/mol. The molecule has 4 rings (SSSR count). The Balaban J connectivity index is 1.58. The number of nitrogens with one attached hydrogen (secondary N) is 1. The highest BCUT2D eigenvalue weighted by Crippen LogP contribution is 2.17. The SMILES string of the molecule is O=C(NCc1ccc(Cl)cc1)[C@@H](Cc1ccccc1)N(Cc1ccccc1)C(=O)COc1ccccc1. The van der Waals surface area contributed by atoms with E-state index in [0.717, 1.165) is 16.7 Å². The predicted octanol–water partition coefficient (Wildman–Crippen LogP) is 5.68. The molecule has 1 N–H and O–H groups in total. The summed E-state index contributed by atoms with van der Waals surface area (Å²) < 4.78 is 5.77. The van der Waals surface area contributed by atoms with E-state index in [1.165, 1.54) is 0 Å². The van der Waals surface area contributed by atoms with Gasteiger partial charge in [0.2, 0.25) is 5.91 Å². The molecule has 4 aromatic rings. The minimum Gasteiger partial charge on any atom is -0.484 e. The van der Waals surface area contributed by atoms with Crippen molar-refractivity contribution >= 4 is 23.4 Å². The van der Waals surface area contributed by atoms with Crippen LogP contribution in [0.1, 0.15) is 16.7 Å². The molecule has 2 amide bonds. The van der Waals surface area contributed by atoms with Gasteiger partial charge in [-0.1, -0.05) is 103 Å². The third kappa shape index (κ3) is 7.95. The molecular weight excluding hydrogens is 484 g/mol. The zero-order valence-corrected chi connectivity index (χ0v) is 21.2. The van der Waals surface area contributed by atoms with E-state index in [9.17, 15) is 9.59 Å². The Kier molecular flexibility index (Phi) is 9.33. The minimum atomic E-state index is -0.734. The number of carbonyl (C=O) groups is 2. The molecule has 37 heavy (non-hydrogen) atoms. The van der Waals surface area contributed by atoms with E-state index in [2.05, 4.69) is 5.32 Å². The lowest BCUT2D eigenvalue weighted by molar-refractivity contribution is -0.142. The molecule has 0 unspecified atom stereocenters. The Bertz CT molecular complexity index is 1270. The van der Waals surface area contributed by atoms with Crippen molar-refractivity contribution in [3.8, 4) is 5.75 Å². The fraction of sp³-hybridized carbons (Fsp3) is 0.161. The number of amides is 2. The van der Waals surface area contributed by atoms with Crippen LogP contribution in [-0.2, 0) is 29.1 Å². The smallest absolute Gasteiger partial charge is 0.261 e. The summed E-state index contributed by atoms with van der Waals surface area (Å²) in [5, 5.41) is 3.65. The summed E-state index contributed by atoms with van der Waals surface area (Å²) in [4.78, 5) is 28.8. The molecule has 1 atom stereocenters. The summed E-state index contributed by atoms with van der Waals surface area (Å²) in [6, 6.07) is 35.2. The van der Waals surface area contributed by atoms with Gasteiger partial charge in [-0.15, -0.1) is 0 Å². The molecule has 0 saturated carbocycles. The third-order valence-corrected chi connectivity index (χ3v) is 6.20. The maximum absolute atomic E-state index is 13.6. The van der Waals surface area contributed by atoms with Crippen LogP contribution in [0.25, 0.3) is 0 Å². The van der Waals surface area contributed by atoms with Gasteiger partial charge in [0.1, 0.15) is 11.8 Å². The van der Waals surface area contributed by atoms with Crippen molar-refractivity contribution in [2.45, 2.75) is 25.6 Å². The molecular formula is C31H29ClN2O3. The molecule has 188 valence electrons. The normalized spacial score (nSPS) is 11.4. The minimum absolute atomic E-state index is 0.174. The number of carbonyl (C=O) groups excluding carboxylic acids is 2. The van der Waals surface area contributed by atoms with Crippen LogP contribution in [0.2, 0.25) is 5.02 Å². The van der Waals surface area contributed by atoms with Crippen molar-refractivity contribution in [1.29, 1.82) is 0 Å². The molecule has 5 nitrogen and oxygen atoms in total. The van der Waals surface area contributed by atoms with E-state index in [1.54, 1.807) is 29.2 Å². The van der Waals surface area contributed by atoms with Gasteiger partial charge in [0.15, 0.2) is 6.61 Å². The lowest BCUT2D eigenvalue weighted by Gasteiger charge is -2.31. The van der Waals surface area contributed by atoms with Crippen molar-refractivity contribution in [3.05, 3.63) is 137 Å². The van der Waals surface area contributed by atoms with E-state index in [-0.39, 0.29) is 25.0 Å². The van der Waals surface area contributed by atoms with Crippen molar-refractivity contribution in [2.75, 3.05) is 6.61 Å². The number of nitrogens with zero attached hydrogens (tertiary/aromatic N) is 1. The van der Waals surface area contributed by atoms with Crippen LogP contribution in [0.15, 0.2) is 115 Å². The largest absolute Gasteiger partial charge is 0.484 e. The third-order valence-electron chi connectivity index (χ3n) is 5.95. The molecule has 0 heterocycles. The Morgan fingerprint density at radius 1 is 0.730 bits per heavy atom. The molecule has 0 saturated heterocycles. The number of benzene rings is 4. The van der Waals surface area contributed by atoms with Gasteiger partial charge in [0, 0.05) is 24.5 Å². The zero-order chi connectivity index (χ0) is 25.9. The highest BCUT2D eigenvalue weighted by Gasteiger charge is 2.30. The lowest BCUT2D eigenvalue weighted by atomic mass is 10.0. The van der Waals surface area contributed by atoms with E-state index >= 15 is 0 Å². The van der Waals surface area contributed by atoms with Crippen LogP contribution in [0.4, 0.5) is 0 Å². The topological polar surface area (TPSA) is 58.6 Å². The van der Waals surface area contributed by atoms with Crippen LogP contribution in [-0.4, -0.2) is 29.4 Å². The summed E-state index contributed by atoms with van der Waals surface area (Å²) in [5.41, 5.74) is 2.81. The van der Waals surface area contributed by atoms with Gasteiger partial charge in [0.05, 0.1) is 0 Å². The van der Waals surface area contributed by atoms with Gasteiger partial charge in [-0.25, -0.2) is 0 Å². The molecule has 0 aromatic heterocycles. The van der Waals surface area contributed by atoms with E-state index in [4.69, 9.17) is 16.3 Å². The number of halogens is 1. The van der Waals surface area contributed by atoms with E-state index in [1.807, 2.05) is 91.0 Å². The maximum atomic E-state index is 13.6. The highest BCUT2D eigenvalue weighted by atomic mass is 35.5. The molecule has 0 fully saturated rings. The first-order chi connectivity index (χ1) is 18.1. The number of para-hydroxylation sites is 1. The van der Waals surface area contributed by atoms with Gasteiger partial charge >= 0.3 is 0 Å². The number of rotatable bonds is 11. The van der Waals surface area contributed by atoms with Crippen LogP contribution in [0.5, 0.6) is 5.75 Å². The monoisotopic (exact) mass is 512 g/mol. The zero-order valence-electron chi connectivity index (χ0n) is 20.4. The number of hydrogen-bond acceptors (Lipinski definition) is 3. The first-order valence-electron chi connectivity index (χ1n) is 12.2. The van der Waals surface area contributed by atoms with Crippen molar-refractivity contribution in [2.24, 2.45) is 0 Å². The van der Waals surface area contributed by atoms with Crippen molar-refractivity contribution in [3.63, 3.8) is 0 Å². The Labute approximate surface area is 222 Å². The molecule has 0 radical (unpaired) electrons. The maximum Gasteiger partial charge on any atom is 0.261 e. The fourth-order valence-electron chi connectivity index (χ4n) is 3.99. The van der Waals surface area contributed by atoms with Gasteiger partial charge < -0.3 is 15.0 Å². The molecule has 4 aromatic carbocycles. The van der Waals surface area contributed by atoms with Gasteiger partial charge in [-0.3, -0.25) is 9.59 Å². The van der Waals surface area contributed by atoms with Gasteiger partial charge in [-0.05, 0) is 41.0 Å². The van der Waals surface area contributed by atoms with Crippen LogP contribution in [0, 0.1) is 0 Å². The first-order valence-corrected chi connectivity index (χ1v) is 12.5. The highest BCUT2D eigenvalue weighted by molar-refractivity contribution is 6.30. The van der Waals surface area contributed by atoms with Gasteiger partial charge in [-0.2, -0.15) is 0 Å². The molecule has 0 aliphatic carbocycles. The lowest BCUT2D eigenvalue weighted by Crippen LogP contribution is -2.51. The standard InChI is InChI=1S/C31H29ClN2O3/c32-27-18-16-25(17-19-27)21-33-31(36)29(20-24-10-4-1-5-11-24)34(22-26-12-6-2-7-13-26)30(35)23-37-28-14-8-3-9-15-28/h1-19,29H,20-23H2,(H,33,36)/t29-/m1/s1. The molecule has 0 spiro atoms. The predicted molar refractivity (Wildman–Crippen MR) is 146 cm³/mol. The van der Waals surface area contributed by atoms with Gasteiger partial charge in [0.25, 0.3) is 5.91 Å². The van der Waals surface area contributed by atoms with Crippen molar-refractivity contribution < 1.29 is 14.3 Å². The quantitative estimate of drug-likeness (QED) is 0.281. The molecule has 0 bridgehead atoms. The van der Waals surface area contributed by atoms with Crippen LogP contribution < -0.4 is 10.1 Å². The number of hydrogen-bond donors (Lipinski definition) is 1. The summed E-state index contributed by atoms with van der Waals surface area (Å²) in [6.45, 7) is 0.436. The molecule has 6 heteroatoms. The summed E-state index contributed by atoms with van der Waals surface area (Å²) in [7, 11) is 0. The summed E-state index contributed by atoms with van der Waals surface area (Å²) in [5.74, 6) is 0.0976.